The second-order valence-electron chi connectivity index (χ2n) is 3.47. The Kier molecular flexibility index (Phi) is 4.17. The lowest BCUT2D eigenvalue weighted by Crippen LogP contribution is -2.24. The number of carbonyl (C=O) groups is 1. The molecule has 0 bridgehead atoms. The van der Waals surface area contributed by atoms with Crippen LogP contribution in [-0.4, -0.2) is 5.97 Å². The number of aliphatic carboxylic acids is 1. The lowest BCUT2D eigenvalue weighted by atomic mass is 10.1. The minimum Gasteiger partial charge on any atom is -0.550 e. The molecule has 1 aromatic rings. The van der Waals surface area contributed by atoms with Crippen LogP contribution in [0.4, 0.5) is 0 Å². The number of carboxylic acid groups (broad SMARTS) is 1. The van der Waals surface area contributed by atoms with Gasteiger partial charge in [0.05, 0.1) is 0 Å². The molecule has 0 fully saturated rings. The van der Waals surface area contributed by atoms with Crippen LogP contribution in [0.25, 0.3) is 0 Å². The van der Waals surface area contributed by atoms with E-state index in [1.54, 1.807) is 0 Å². The fraction of sp³-hybridized carbons (Fsp3) is 0.417. The monoisotopic (exact) mass is 191 g/mol. The van der Waals surface area contributed by atoms with Crippen LogP contribution in [0.3, 0.4) is 0 Å². The summed E-state index contributed by atoms with van der Waals surface area (Å²) >= 11 is 0. The summed E-state index contributed by atoms with van der Waals surface area (Å²) in [5, 5.41) is 10.3. The molecular formula is C12H15O2-. The molecule has 2 heteroatoms. The van der Waals surface area contributed by atoms with Gasteiger partial charge in [-0.25, -0.2) is 0 Å². The number of benzene rings is 1. The van der Waals surface area contributed by atoms with Crippen molar-refractivity contribution >= 4 is 5.97 Å². The molecule has 76 valence electrons. The second-order valence-corrected chi connectivity index (χ2v) is 3.47. The number of carbonyl (C=O) groups excluding carboxylic acids is 1. The van der Waals surface area contributed by atoms with Crippen molar-refractivity contribution in [2.24, 2.45) is 0 Å². The molecule has 0 saturated heterocycles. The molecule has 0 atom stereocenters. The number of hydrogen-bond donors (Lipinski definition) is 0. The molecule has 0 N–H and O–H groups in total. The van der Waals surface area contributed by atoms with Crippen molar-refractivity contribution in [3.63, 3.8) is 0 Å². The highest BCUT2D eigenvalue weighted by Crippen LogP contribution is 2.08. The van der Waals surface area contributed by atoms with Crippen LogP contribution in [0.5, 0.6) is 0 Å². The van der Waals surface area contributed by atoms with Crippen LogP contribution >= 0.6 is 0 Å². The Bertz CT molecular complexity index is 288. The van der Waals surface area contributed by atoms with Crippen molar-refractivity contribution in [1.82, 2.24) is 0 Å². The van der Waals surface area contributed by atoms with E-state index in [9.17, 15) is 9.90 Å². The van der Waals surface area contributed by atoms with E-state index in [2.05, 4.69) is 6.92 Å². The first kappa shape index (κ1) is 10.8. The Hall–Kier alpha value is -1.31. The zero-order valence-electron chi connectivity index (χ0n) is 8.45. The maximum atomic E-state index is 10.3. The topological polar surface area (TPSA) is 40.1 Å². The zero-order chi connectivity index (χ0) is 10.4. The molecule has 14 heavy (non-hydrogen) atoms. The van der Waals surface area contributed by atoms with Gasteiger partial charge in [-0.05, 0) is 24.0 Å². The molecule has 0 aliphatic heterocycles. The fourth-order valence-electron chi connectivity index (χ4n) is 1.37. The van der Waals surface area contributed by atoms with E-state index in [0.717, 1.165) is 12.0 Å². The van der Waals surface area contributed by atoms with E-state index in [1.165, 1.54) is 18.4 Å². The highest BCUT2D eigenvalue weighted by atomic mass is 16.4. The van der Waals surface area contributed by atoms with Gasteiger partial charge in [0.15, 0.2) is 0 Å². The van der Waals surface area contributed by atoms with Gasteiger partial charge in [-0.1, -0.05) is 37.6 Å². The van der Waals surface area contributed by atoms with Gasteiger partial charge in [0.2, 0.25) is 0 Å². The fourth-order valence-corrected chi connectivity index (χ4v) is 1.37. The summed E-state index contributed by atoms with van der Waals surface area (Å²) < 4.78 is 0. The lowest BCUT2D eigenvalue weighted by Gasteiger charge is -2.04. The minimum atomic E-state index is -1.02. The van der Waals surface area contributed by atoms with Crippen molar-refractivity contribution < 1.29 is 9.90 Å². The first-order chi connectivity index (χ1) is 6.72. The number of rotatable bonds is 5. The highest BCUT2D eigenvalue weighted by Gasteiger charge is 1.95. The van der Waals surface area contributed by atoms with Crippen molar-refractivity contribution in [1.29, 1.82) is 0 Å². The third kappa shape index (κ3) is 3.60. The van der Waals surface area contributed by atoms with Crippen LogP contribution in [-0.2, 0) is 17.6 Å². The molecule has 0 amide bonds. The Balaban J connectivity index is 2.54. The molecule has 0 aliphatic carbocycles. The molecule has 0 unspecified atom stereocenters. The van der Waals surface area contributed by atoms with Crippen molar-refractivity contribution in [2.45, 2.75) is 32.6 Å². The quantitative estimate of drug-likeness (QED) is 0.704. The average Bonchev–Trinajstić information content (AvgIpc) is 2.16. The SMILES string of the molecule is CCCCc1ccc(CC(=O)[O-])cc1. The van der Waals surface area contributed by atoms with Gasteiger partial charge in [0.1, 0.15) is 0 Å². The number of carboxylic acids is 1. The predicted molar refractivity (Wildman–Crippen MR) is 53.8 cm³/mol. The highest BCUT2D eigenvalue weighted by molar-refractivity contribution is 5.67. The number of hydrogen-bond acceptors (Lipinski definition) is 2. The largest absolute Gasteiger partial charge is 0.550 e. The van der Waals surface area contributed by atoms with Gasteiger partial charge in [0, 0.05) is 12.4 Å². The maximum Gasteiger partial charge on any atom is 0.0458 e. The van der Waals surface area contributed by atoms with Crippen LogP contribution in [0.1, 0.15) is 30.9 Å². The first-order valence-corrected chi connectivity index (χ1v) is 5.00. The van der Waals surface area contributed by atoms with Gasteiger partial charge in [-0.2, -0.15) is 0 Å². The van der Waals surface area contributed by atoms with Crippen LogP contribution in [0, 0.1) is 0 Å². The summed E-state index contributed by atoms with van der Waals surface area (Å²) in [5.41, 5.74) is 2.08. The van der Waals surface area contributed by atoms with Crippen LogP contribution in [0.15, 0.2) is 24.3 Å². The van der Waals surface area contributed by atoms with Crippen LogP contribution in [0.2, 0.25) is 0 Å². The average molecular weight is 191 g/mol. The van der Waals surface area contributed by atoms with Gasteiger partial charge >= 0.3 is 0 Å². The van der Waals surface area contributed by atoms with Crippen molar-refractivity contribution in [3.8, 4) is 0 Å². The molecule has 1 aromatic carbocycles. The zero-order valence-corrected chi connectivity index (χ0v) is 8.45. The third-order valence-corrected chi connectivity index (χ3v) is 2.19. The summed E-state index contributed by atoms with van der Waals surface area (Å²) in [6, 6.07) is 7.71. The van der Waals surface area contributed by atoms with Crippen LogP contribution < -0.4 is 5.11 Å². The van der Waals surface area contributed by atoms with Crippen molar-refractivity contribution in [3.05, 3.63) is 35.4 Å². The van der Waals surface area contributed by atoms with Crippen molar-refractivity contribution in [2.75, 3.05) is 0 Å². The number of aryl methyl sites for hydroxylation is 1. The van der Waals surface area contributed by atoms with Gasteiger partial charge in [-0.15, -0.1) is 0 Å². The van der Waals surface area contributed by atoms with E-state index < -0.39 is 5.97 Å². The Labute approximate surface area is 84.6 Å². The first-order valence-electron chi connectivity index (χ1n) is 5.00. The van der Waals surface area contributed by atoms with Gasteiger partial charge in [0.25, 0.3) is 0 Å². The van der Waals surface area contributed by atoms with E-state index in [4.69, 9.17) is 0 Å². The molecule has 0 aliphatic rings. The number of unbranched alkanes of at least 4 members (excludes halogenated alkanes) is 1. The lowest BCUT2D eigenvalue weighted by molar-refractivity contribution is -0.304. The van der Waals surface area contributed by atoms with E-state index >= 15 is 0 Å². The smallest absolute Gasteiger partial charge is 0.0458 e. The molecular weight excluding hydrogens is 176 g/mol. The third-order valence-electron chi connectivity index (χ3n) is 2.19. The normalized spacial score (nSPS) is 10.1. The molecule has 0 heterocycles. The molecule has 1 rings (SSSR count). The summed E-state index contributed by atoms with van der Waals surface area (Å²) in [5.74, 6) is -1.02. The summed E-state index contributed by atoms with van der Waals surface area (Å²) in [6.07, 6.45) is 3.44. The van der Waals surface area contributed by atoms with Gasteiger partial charge < -0.3 is 9.90 Å². The molecule has 0 spiro atoms. The summed E-state index contributed by atoms with van der Waals surface area (Å²) in [7, 11) is 0. The molecule has 2 nitrogen and oxygen atoms in total. The molecule has 0 radical (unpaired) electrons. The molecule has 0 aromatic heterocycles. The standard InChI is InChI=1S/C12H16O2/c1-2-3-4-10-5-7-11(8-6-10)9-12(13)14/h5-8H,2-4,9H2,1H3,(H,13,14)/p-1. The Morgan fingerprint density at radius 1 is 1.21 bits per heavy atom. The van der Waals surface area contributed by atoms with E-state index in [0.29, 0.717) is 0 Å². The Morgan fingerprint density at radius 3 is 2.29 bits per heavy atom. The maximum absolute atomic E-state index is 10.3. The van der Waals surface area contributed by atoms with E-state index in [1.807, 2.05) is 24.3 Å². The second kappa shape index (κ2) is 5.43. The predicted octanol–water partition coefficient (Wildman–Crippen LogP) is 1.32. The van der Waals surface area contributed by atoms with E-state index in [-0.39, 0.29) is 6.42 Å². The summed E-state index contributed by atoms with van der Waals surface area (Å²) in [6.45, 7) is 2.16. The molecule has 0 saturated carbocycles. The minimum absolute atomic E-state index is 0.00799. The Morgan fingerprint density at radius 2 is 1.79 bits per heavy atom. The van der Waals surface area contributed by atoms with Gasteiger partial charge in [-0.3, -0.25) is 0 Å². The summed E-state index contributed by atoms with van der Waals surface area (Å²) in [4.78, 5) is 10.3.